The number of rotatable bonds is 4. The zero-order chi connectivity index (χ0) is 20.4. The van der Waals surface area contributed by atoms with Gasteiger partial charge in [0.1, 0.15) is 5.71 Å². The van der Waals surface area contributed by atoms with Gasteiger partial charge in [0.05, 0.1) is 17.5 Å². The largest absolute Gasteiger partial charge is 0.348 e. The molecule has 0 unspecified atom stereocenters. The molecule has 160 valence electrons. The van der Waals surface area contributed by atoms with Crippen LogP contribution in [0.2, 0.25) is 0 Å². The average Bonchev–Trinajstić information content (AvgIpc) is 3.00. The van der Waals surface area contributed by atoms with Gasteiger partial charge in [-0.05, 0) is 75.0 Å². The first kappa shape index (κ1) is 19.5. The van der Waals surface area contributed by atoms with Crippen molar-refractivity contribution in [3.05, 3.63) is 0 Å². The molecule has 4 bridgehead atoms. The molecule has 2 aliphatic heterocycles. The van der Waals surface area contributed by atoms with Crippen molar-refractivity contribution in [1.29, 1.82) is 0 Å². The van der Waals surface area contributed by atoms with Crippen LogP contribution in [0.15, 0.2) is 5.10 Å². The summed E-state index contributed by atoms with van der Waals surface area (Å²) in [5, 5.41) is 8.83. The number of hydrazone groups is 1. The highest BCUT2D eigenvalue weighted by Gasteiger charge is 2.53. The lowest BCUT2D eigenvalue weighted by Gasteiger charge is -2.59. The lowest BCUT2D eigenvalue weighted by molar-refractivity contribution is -0.133. The fourth-order valence-corrected chi connectivity index (χ4v) is 8.82. The van der Waals surface area contributed by atoms with E-state index in [4.69, 9.17) is 0 Å². The van der Waals surface area contributed by atoms with Gasteiger partial charge in [0.15, 0.2) is 9.84 Å². The van der Waals surface area contributed by atoms with Gasteiger partial charge in [0.2, 0.25) is 5.91 Å². The molecular formula is C21H31N3O4S. The van der Waals surface area contributed by atoms with Crippen LogP contribution in [-0.2, 0) is 19.4 Å². The molecule has 2 atom stereocenters. The number of carbonyl (C=O) groups excluding carboxylic acids is 2. The van der Waals surface area contributed by atoms with Crippen LogP contribution in [0.4, 0.5) is 0 Å². The normalized spacial score (nSPS) is 41.3. The number of carbonyl (C=O) groups is 2. The molecule has 0 aromatic heterocycles. The van der Waals surface area contributed by atoms with E-state index >= 15 is 0 Å². The van der Waals surface area contributed by atoms with Crippen LogP contribution in [0.3, 0.4) is 0 Å². The van der Waals surface area contributed by atoms with E-state index in [1.807, 2.05) is 0 Å². The summed E-state index contributed by atoms with van der Waals surface area (Å²) in [5.41, 5.74) is 0.583. The van der Waals surface area contributed by atoms with Crippen LogP contribution < -0.4 is 5.32 Å². The molecule has 0 radical (unpaired) electrons. The van der Waals surface area contributed by atoms with Crippen molar-refractivity contribution in [2.24, 2.45) is 28.3 Å². The minimum atomic E-state index is -3.11. The third kappa shape index (κ3) is 3.51. The summed E-state index contributed by atoms with van der Waals surface area (Å²) in [7, 11) is -3.11. The number of nitrogens with zero attached hydrogens (tertiary/aromatic N) is 2. The third-order valence-electron chi connectivity index (χ3n) is 8.23. The summed E-state index contributed by atoms with van der Waals surface area (Å²) in [6.45, 7) is 2.14. The number of sulfone groups is 1. The predicted octanol–water partition coefficient (Wildman–Crippen LogP) is 1.87. The highest BCUT2D eigenvalue weighted by molar-refractivity contribution is 7.91. The van der Waals surface area contributed by atoms with Crippen molar-refractivity contribution in [1.82, 2.24) is 10.3 Å². The van der Waals surface area contributed by atoms with Crippen LogP contribution in [-0.4, -0.2) is 54.5 Å². The maximum Gasteiger partial charge on any atom is 0.267 e. The van der Waals surface area contributed by atoms with Gasteiger partial charge in [-0.3, -0.25) is 9.59 Å². The molecule has 0 aromatic carbocycles. The molecule has 6 rings (SSSR count). The van der Waals surface area contributed by atoms with Crippen molar-refractivity contribution in [2.45, 2.75) is 76.8 Å². The molecule has 1 N–H and O–H groups in total. The van der Waals surface area contributed by atoms with E-state index in [0.29, 0.717) is 18.6 Å². The van der Waals surface area contributed by atoms with Gasteiger partial charge < -0.3 is 5.32 Å². The highest BCUT2D eigenvalue weighted by atomic mass is 32.2. The Morgan fingerprint density at radius 1 is 1.14 bits per heavy atom. The molecular weight excluding hydrogens is 390 g/mol. The van der Waals surface area contributed by atoms with Gasteiger partial charge in [-0.2, -0.15) is 5.10 Å². The molecule has 1 saturated heterocycles. The van der Waals surface area contributed by atoms with Crippen molar-refractivity contribution >= 4 is 27.4 Å². The van der Waals surface area contributed by atoms with E-state index in [9.17, 15) is 18.0 Å². The van der Waals surface area contributed by atoms with Gasteiger partial charge in [-0.1, -0.05) is 0 Å². The van der Waals surface area contributed by atoms with Gasteiger partial charge in [-0.25, -0.2) is 13.4 Å². The zero-order valence-electron chi connectivity index (χ0n) is 17.1. The minimum Gasteiger partial charge on any atom is -0.348 e. The lowest BCUT2D eigenvalue weighted by atomic mass is 9.48. The number of hydrogen-bond acceptors (Lipinski definition) is 5. The Morgan fingerprint density at radius 2 is 1.76 bits per heavy atom. The van der Waals surface area contributed by atoms with E-state index < -0.39 is 15.9 Å². The summed E-state index contributed by atoms with van der Waals surface area (Å²) < 4.78 is 23.6. The van der Waals surface area contributed by atoms with Crippen molar-refractivity contribution in [2.75, 3.05) is 11.5 Å². The smallest absolute Gasteiger partial charge is 0.267 e. The third-order valence-corrected chi connectivity index (χ3v) is 9.98. The Morgan fingerprint density at radius 3 is 2.31 bits per heavy atom. The second kappa shape index (κ2) is 6.79. The maximum atomic E-state index is 13.0. The van der Waals surface area contributed by atoms with Crippen molar-refractivity contribution in [3.8, 4) is 0 Å². The molecule has 29 heavy (non-hydrogen) atoms. The van der Waals surface area contributed by atoms with E-state index in [2.05, 4.69) is 17.3 Å². The first-order valence-electron chi connectivity index (χ1n) is 11.1. The molecule has 2 amide bonds. The second-order valence-corrected chi connectivity index (χ2v) is 12.5. The molecule has 5 fully saturated rings. The summed E-state index contributed by atoms with van der Waals surface area (Å²) >= 11 is 0. The molecule has 2 heterocycles. The van der Waals surface area contributed by atoms with Gasteiger partial charge in [-0.15, -0.1) is 0 Å². The van der Waals surface area contributed by atoms with Gasteiger partial charge in [0, 0.05) is 18.9 Å². The molecule has 7 nitrogen and oxygen atoms in total. The van der Waals surface area contributed by atoms with E-state index in [1.165, 1.54) is 43.5 Å². The van der Waals surface area contributed by atoms with Crippen LogP contribution >= 0.6 is 0 Å². The molecule has 4 aliphatic carbocycles. The Labute approximate surface area is 172 Å². The van der Waals surface area contributed by atoms with Crippen LogP contribution in [0.1, 0.15) is 64.7 Å². The van der Waals surface area contributed by atoms with Crippen molar-refractivity contribution in [3.63, 3.8) is 0 Å². The summed E-state index contributed by atoms with van der Waals surface area (Å²) in [6.07, 6.45) is 8.71. The van der Waals surface area contributed by atoms with Crippen molar-refractivity contribution < 1.29 is 18.0 Å². The van der Waals surface area contributed by atoms with Gasteiger partial charge >= 0.3 is 0 Å². The molecule has 6 aliphatic rings. The predicted molar refractivity (Wildman–Crippen MR) is 109 cm³/mol. The summed E-state index contributed by atoms with van der Waals surface area (Å²) in [4.78, 5) is 25.3. The maximum absolute atomic E-state index is 13.0. The Hall–Kier alpha value is -1.44. The number of hydrogen-bond donors (Lipinski definition) is 1. The number of nitrogens with one attached hydrogen (secondary N) is 1. The molecule has 0 aromatic rings. The first-order chi connectivity index (χ1) is 13.7. The summed E-state index contributed by atoms with van der Waals surface area (Å²) in [5.74, 6) is 2.13. The standard InChI is InChI=1S/C21H31N3O4S/c1-13(21-9-14-6-15(10-21)8-16(7-14)11-21)22-20(26)18-2-3-19(25)24(23-18)17-4-5-29(27,28)12-17/h13-17H,2-12H2,1H3,(H,22,26)/t13-,14?,15?,16?,17-,21?/m1/s1. The van der Waals surface area contributed by atoms with Gasteiger partial charge in [0.25, 0.3) is 5.91 Å². The Bertz CT molecular complexity index is 830. The van der Waals surface area contributed by atoms with E-state index in [1.54, 1.807) is 0 Å². The topological polar surface area (TPSA) is 95.9 Å². The highest BCUT2D eigenvalue weighted by Crippen LogP contribution is 2.61. The quantitative estimate of drug-likeness (QED) is 0.750. The monoisotopic (exact) mass is 421 g/mol. The van der Waals surface area contributed by atoms with E-state index in [0.717, 1.165) is 17.8 Å². The molecule has 0 spiro atoms. The summed E-state index contributed by atoms with van der Waals surface area (Å²) in [6, 6.07) is -0.333. The van der Waals surface area contributed by atoms with Crippen LogP contribution in [0.25, 0.3) is 0 Å². The fraction of sp³-hybridized carbons (Fsp3) is 0.857. The van der Waals surface area contributed by atoms with E-state index in [-0.39, 0.29) is 41.2 Å². The molecule has 4 saturated carbocycles. The zero-order valence-corrected chi connectivity index (χ0v) is 17.9. The first-order valence-corrected chi connectivity index (χ1v) is 13.0. The van der Waals surface area contributed by atoms with Crippen LogP contribution in [0.5, 0.6) is 0 Å². The average molecular weight is 422 g/mol. The lowest BCUT2D eigenvalue weighted by Crippen LogP contribution is -2.57. The molecule has 8 heteroatoms. The Kier molecular flexibility index (Phi) is 4.57. The number of amides is 2. The van der Waals surface area contributed by atoms with Crippen LogP contribution in [0, 0.1) is 23.2 Å². The minimum absolute atomic E-state index is 0.0547. The SMILES string of the molecule is C[C@@H](NC(=O)C1=NN([C@@H]2CCS(=O)(=O)C2)C(=O)CC1)C12CC3CC(CC(C3)C1)C2. The second-order valence-electron chi connectivity index (χ2n) is 10.3. The Balaban J connectivity index is 1.29. The fourth-order valence-electron chi connectivity index (χ4n) is 7.13.